The lowest BCUT2D eigenvalue weighted by Gasteiger charge is -2.10. The van der Waals surface area contributed by atoms with E-state index in [0.29, 0.717) is 17.0 Å². The molecule has 0 aliphatic carbocycles. The number of rotatable bonds is 6. The molecular weight excluding hydrogens is 321 g/mol. The van der Waals surface area contributed by atoms with Crippen molar-refractivity contribution in [2.75, 3.05) is 6.54 Å². The van der Waals surface area contributed by atoms with Crippen molar-refractivity contribution in [3.63, 3.8) is 0 Å². The van der Waals surface area contributed by atoms with Gasteiger partial charge in [0.15, 0.2) is 0 Å². The van der Waals surface area contributed by atoms with Crippen LogP contribution in [0.2, 0.25) is 0 Å². The number of nitrogens with zero attached hydrogens (tertiary/aromatic N) is 1. The Morgan fingerprint density at radius 2 is 1.80 bits per heavy atom. The van der Waals surface area contributed by atoms with E-state index < -0.39 is 0 Å². The summed E-state index contributed by atoms with van der Waals surface area (Å²) in [6, 6.07) is 9.51. The molecule has 2 aromatic rings. The molecule has 1 aromatic heterocycles. The van der Waals surface area contributed by atoms with Gasteiger partial charge in [-0.25, -0.2) is 4.39 Å². The van der Waals surface area contributed by atoms with Crippen LogP contribution in [0.25, 0.3) is 11.3 Å². The molecule has 0 atom stereocenters. The minimum absolute atomic E-state index is 0.0775. The second-order valence-corrected chi connectivity index (χ2v) is 6.06. The van der Waals surface area contributed by atoms with Crippen LogP contribution in [0.4, 0.5) is 4.39 Å². The first-order chi connectivity index (χ1) is 11.9. The maximum Gasteiger partial charge on any atom is 0.253 e. The van der Waals surface area contributed by atoms with Crippen molar-refractivity contribution >= 4 is 11.8 Å². The SMILES string of the molecule is Cc1nc(-c2ccc(F)cc2)ccc1C(=O)NCCC(=O)NC(C)C. The highest BCUT2D eigenvalue weighted by Crippen LogP contribution is 2.19. The Balaban J connectivity index is 1.99. The predicted molar refractivity (Wildman–Crippen MR) is 94.6 cm³/mol. The Kier molecular flexibility index (Phi) is 6.22. The van der Waals surface area contributed by atoms with Crippen LogP contribution in [0.3, 0.4) is 0 Å². The zero-order chi connectivity index (χ0) is 18.4. The number of benzene rings is 1. The van der Waals surface area contributed by atoms with E-state index in [1.807, 2.05) is 13.8 Å². The van der Waals surface area contributed by atoms with Gasteiger partial charge < -0.3 is 10.6 Å². The van der Waals surface area contributed by atoms with Crippen molar-refractivity contribution in [3.8, 4) is 11.3 Å². The second-order valence-electron chi connectivity index (χ2n) is 6.06. The Morgan fingerprint density at radius 1 is 1.12 bits per heavy atom. The fourth-order valence-corrected chi connectivity index (χ4v) is 2.36. The molecule has 1 heterocycles. The number of aryl methyl sites for hydroxylation is 1. The van der Waals surface area contributed by atoms with Crippen LogP contribution < -0.4 is 10.6 Å². The number of amides is 2. The first-order valence-electron chi connectivity index (χ1n) is 8.18. The Bertz CT molecular complexity index is 758. The topological polar surface area (TPSA) is 71.1 Å². The fourth-order valence-electron chi connectivity index (χ4n) is 2.36. The largest absolute Gasteiger partial charge is 0.354 e. The van der Waals surface area contributed by atoms with Gasteiger partial charge in [0.05, 0.1) is 17.0 Å². The van der Waals surface area contributed by atoms with Crippen molar-refractivity contribution in [3.05, 3.63) is 53.5 Å². The Morgan fingerprint density at radius 3 is 2.40 bits per heavy atom. The zero-order valence-corrected chi connectivity index (χ0v) is 14.6. The van der Waals surface area contributed by atoms with Crippen molar-refractivity contribution < 1.29 is 14.0 Å². The molecule has 2 amide bonds. The van der Waals surface area contributed by atoms with Crippen LogP contribution >= 0.6 is 0 Å². The van der Waals surface area contributed by atoms with E-state index in [2.05, 4.69) is 15.6 Å². The average molecular weight is 343 g/mol. The fraction of sp³-hybridized carbons (Fsp3) is 0.316. The normalized spacial score (nSPS) is 10.6. The highest BCUT2D eigenvalue weighted by Gasteiger charge is 2.12. The molecule has 0 unspecified atom stereocenters. The van der Waals surface area contributed by atoms with Gasteiger partial charge in [-0.2, -0.15) is 0 Å². The number of hydrogen-bond donors (Lipinski definition) is 2. The van der Waals surface area contributed by atoms with E-state index >= 15 is 0 Å². The summed E-state index contributed by atoms with van der Waals surface area (Å²) < 4.78 is 13.0. The monoisotopic (exact) mass is 343 g/mol. The molecule has 5 nitrogen and oxygen atoms in total. The van der Waals surface area contributed by atoms with E-state index in [4.69, 9.17) is 0 Å². The molecule has 0 saturated carbocycles. The molecule has 25 heavy (non-hydrogen) atoms. The van der Waals surface area contributed by atoms with E-state index in [-0.39, 0.29) is 36.6 Å². The molecule has 1 aromatic carbocycles. The van der Waals surface area contributed by atoms with Gasteiger partial charge in [0, 0.05) is 24.6 Å². The molecule has 132 valence electrons. The van der Waals surface area contributed by atoms with Crippen LogP contribution in [0.1, 0.15) is 36.3 Å². The van der Waals surface area contributed by atoms with Crippen LogP contribution in [-0.2, 0) is 4.79 Å². The summed E-state index contributed by atoms with van der Waals surface area (Å²) in [6.45, 7) is 5.77. The number of carbonyl (C=O) groups is 2. The molecule has 0 radical (unpaired) electrons. The molecular formula is C19H22FN3O2. The second kappa shape index (κ2) is 8.37. The van der Waals surface area contributed by atoms with Gasteiger partial charge in [0.1, 0.15) is 5.82 Å². The highest BCUT2D eigenvalue weighted by atomic mass is 19.1. The Hall–Kier alpha value is -2.76. The number of halogens is 1. The van der Waals surface area contributed by atoms with Gasteiger partial charge in [-0.05, 0) is 57.2 Å². The van der Waals surface area contributed by atoms with Gasteiger partial charge in [-0.1, -0.05) is 0 Å². The minimum Gasteiger partial charge on any atom is -0.354 e. The number of carbonyl (C=O) groups excluding carboxylic acids is 2. The third-order valence-corrected chi connectivity index (χ3v) is 3.56. The molecule has 2 rings (SSSR count). The molecule has 6 heteroatoms. The van der Waals surface area contributed by atoms with Gasteiger partial charge in [-0.3, -0.25) is 14.6 Å². The van der Waals surface area contributed by atoms with Crippen molar-refractivity contribution in [1.29, 1.82) is 0 Å². The van der Waals surface area contributed by atoms with Gasteiger partial charge >= 0.3 is 0 Å². The number of pyridine rings is 1. The summed E-state index contributed by atoms with van der Waals surface area (Å²) in [5, 5.41) is 5.49. The predicted octanol–water partition coefficient (Wildman–Crippen LogP) is 2.84. The molecule has 0 fully saturated rings. The summed E-state index contributed by atoms with van der Waals surface area (Å²) in [5.41, 5.74) is 2.48. The molecule has 0 saturated heterocycles. The van der Waals surface area contributed by atoms with Crippen molar-refractivity contribution in [2.24, 2.45) is 0 Å². The molecule has 0 bridgehead atoms. The van der Waals surface area contributed by atoms with Crippen LogP contribution in [0.5, 0.6) is 0 Å². The van der Waals surface area contributed by atoms with Gasteiger partial charge in [0.2, 0.25) is 5.91 Å². The standard InChI is InChI=1S/C19H22FN3O2/c1-12(2)22-18(24)10-11-21-19(25)16-8-9-17(23-13(16)3)14-4-6-15(20)7-5-14/h4-9,12H,10-11H2,1-3H3,(H,21,25)(H,22,24). The van der Waals surface area contributed by atoms with Crippen molar-refractivity contribution in [1.82, 2.24) is 15.6 Å². The number of nitrogens with one attached hydrogen (secondary N) is 2. The highest BCUT2D eigenvalue weighted by molar-refractivity contribution is 5.95. The van der Waals surface area contributed by atoms with E-state index in [9.17, 15) is 14.0 Å². The van der Waals surface area contributed by atoms with Crippen LogP contribution in [0.15, 0.2) is 36.4 Å². The molecule has 0 aliphatic heterocycles. The summed E-state index contributed by atoms with van der Waals surface area (Å²) in [4.78, 5) is 28.2. The minimum atomic E-state index is -0.307. The summed E-state index contributed by atoms with van der Waals surface area (Å²) >= 11 is 0. The summed E-state index contributed by atoms with van der Waals surface area (Å²) in [6.07, 6.45) is 0.226. The van der Waals surface area contributed by atoms with Gasteiger partial charge in [-0.15, -0.1) is 0 Å². The van der Waals surface area contributed by atoms with Gasteiger partial charge in [0.25, 0.3) is 5.91 Å². The molecule has 0 spiro atoms. The third-order valence-electron chi connectivity index (χ3n) is 3.56. The van der Waals surface area contributed by atoms with E-state index in [1.165, 1.54) is 12.1 Å². The number of hydrogen-bond acceptors (Lipinski definition) is 3. The third kappa shape index (κ3) is 5.38. The smallest absolute Gasteiger partial charge is 0.253 e. The lowest BCUT2D eigenvalue weighted by Crippen LogP contribution is -2.34. The lowest BCUT2D eigenvalue weighted by atomic mass is 10.1. The van der Waals surface area contributed by atoms with Crippen LogP contribution in [-0.4, -0.2) is 29.4 Å². The molecule has 2 N–H and O–H groups in total. The molecule has 0 aliphatic rings. The first kappa shape index (κ1) is 18.6. The van der Waals surface area contributed by atoms with E-state index in [0.717, 1.165) is 5.56 Å². The maximum absolute atomic E-state index is 13.0. The van der Waals surface area contributed by atoms with E-state index in [1.54, 1.807) is 31.2 Å². The Labute approximate surface area is 146 Å². The average Bonchev–Trinajstić information content (AvgIpc) is 2.54. The maximum atomic E-state index is 13.0. The first-order valence-corrected chi connectivity index (χ1v) is 8.18. The lowest BCUT2D eigenvalue weighted by molar-refractivity contribution is -0.121. The summed E-state index contributed by atoms with van der Waals surface area (Å²) in [5.74, 6) is -0.678. The van der Waals surface area contributed by atoms with Crippen LogP contribution in [0, 0.1) is 12.7 Å². The summed E-state index contributed by atoms with van der Waals surface area (Å²) in [7, 11) is 0. The van der Waals surface area contributed by atoms with Crippen molar-refractivity contribution in [2.45, 2.75) is 33.2 Å². The quantitative estimate of drug-likeness (QED) is 0.847. The zero-order valence-electron chi connectivity index (χ0n) is 14.6. The number of aromatic nitrogens is 1.